The minimum atomic E-state index is -0.136. The van der Waals surface area contributed by atoms with Crippen LogP contribution in [0.5, 0.6) is 0 Å². The molecular weight excluding hydrogens is 364 g/mol. The fraction of sp³-hybridized carbons (Fsp3) is 0.375. The summed E-state index contributed by atoms with van der Waals surface area (Å²) >= 11 is 0. The first-order valence-electron chi connectivity index (χ1n) is 10.2. The lowest BCUT2D eigenvalue weighted by molar-refractivity contribution is -0.139. The van der Waals surface area contributed by atoms with Gasteiger partial charge in [0.1, 0.15) is 0 Å². The number of imide groups is 1. The SMILES string of the molecule is CCc1ccc(C(NC(=O)c2ccc(CN3C(=O)CCC3=O)cc2)C(C)C)cc1. The van der Waals surface area contributed by atoms with Gasteiger partial charge in [0.05, 0.1) is 12.6 Å². The number of benzene rings is 2. The first kappa shape index (κ1) is 20.8. The smallest absolute Gasteiger partial charge is 0.251 e. The highest BCUT2D eigenvalue weighted by Crippen LogP contribution is 2.23. The van der Waals surface area contributed by atoms with E-state index in [1.165, 1.54) is 10.5 Å². The monoisotopic (exact) mass is 392 g/mol. The Bertz CT molecular complexity index is 869. The number of likely N-dealkylation sites (tertiary alicyclic amines) is 1. The molecule has 0 aromatic heterocycles. The molecule has 1 heterocycles. The molecule has 152 valence electrons. The number of hydrogen-bond donors (Lipinski definition) is 1. The second-order valence-corrected chi connectivity index (χ2v) is 7.86. The predicted octanol–water partition coefficient (Wildman–Crippen LogP) is 4.03. The summed E-state index contributed by atoms with van der Waals surface area (Å²) in [6.45, 7) is 6.56. The van der Waals surface area contributed by atoms with Gasteiger partial charge < -0.3 is 5.32 Å². The van der Waals surface area contributed by atoms with Gasteiger partial charge in [0.25, 0.3) is 5.91 Å². The van der Waals surface area contributed by atoms with Crippen molar-refractivity contribution in [2.45, 2.75) is 52.6 Å². The first-order valence-corrected chi connectivity index (χ1v) is 10.2. The molecule has 2 aromatic carbocycles. The first-order chi connectivity index (χ1) is 13.9. The summed E-state index contributed by atoms with van der Waals surface area (Å²) in [7, 11) is 0. The maximum absolute atomic E-state index is 12.8. The average Bonchev–Trinajstić information content (AvgIpc) is 3.04. The van der Waals surface area contributed by atoms with Crippen LogP contribution in [0.1, 0.15) is 66.7 Å². The Kier molecular flexibility index (Phi) is 6.47. The summed E-state index contributed by atoms with van der Waals surface area (Å²) in [5.74, 6) is -0.155. The normalized spacial score (nSPS) is 15.1. The van der Waals surface area contributed by atoms with Crippen LogP contribution in [0.15, 0.2) is 48.5 Å². The third kappa shape index (κ3) is 4.91. The molecule has 1 fully saturated rings. The Hall–Kier alpha value is -2.95. The van der Waals surface area contributed by atoms with Gasteiger partial charge in [0.2, 0.25) is 11.8 Å². The number of carbonyl (C=O) groups is 3. The van der Waals surface area contributed by atoms with Gasteiger partial charge in [0, 0.05) is 18.4 Å². The van der Waals surface area contributed by atoms with Crippen LogP contribution in [0.3, 0.4) is 0 Å². The average molecular weight is 392 g/mol. The van der Waals surface area contributed by atoms with Crippen molar-refractivity contribution in [2.75, 3.05) is 0 Å². The molecule has 1 unspecified atom stereocenters. The molecule has 3 amide bonds. The molecule has 1 atom stereocenters. The van der Waals surface area contributed by atoms with Crippen molar-refractivity contribution in [2.24, 2.45) is 5.92 Å². The summed E-state index contributed by atoms with van der Waals surface area (Å²) in [6, 6.07) is 15.4. The van der Waals surface area contributed by atoms with E-state index in [9.17, 15) is 14.4 Å². The summed E-state index contributed by atoms with van der Waals surface area (Å²) in [5, 5.41) is 3.14. The zero-order valence-corrected chi connectivity index (χ0v) is 17.3. The molecule has 0 aliphatic carbocycles. The van der Waals surface area contributed by atoms with Crippen LogP contribution in [0, 0.1) is 5.92 Å². The molecule has 2 aromatic rings. The number of rotatable bonds is 7. The molecule has 29 heavy (non-hydrogen) atoms. The standard InChI is InChI=1S/C24H28N2O3/c1-4-17-5-9-19(10-6-17)23(16(2)3)25-24(29)20-11-7-18(8-12-20)15-26-21(27)13-14-22(26)28/h5-12,16,23H,4,13-15H2,1-3H3,(H,25,29). The van der Waals surface area contributed by atoms with Gasteiger partial charge in [-0.3, -0.25) is 19.3 Å². The molecule has 1 aliphatic heterocycles. The zero-order valence-electron chi connectivity index (χ0n) is 17.3. The lowest BCUT2D eigenvalue weighted by Gasteiger charge is -2.23. The summed E-state index contributed by atoms with van der Waals surface area (Å²) in [4.78, 5) is 37.6. The lowest BCUT2D eigenvalue weighted by Crippen LogP contribution is -2.32. The molecule has 1 N–H and O–H groups in total. The van der Waals surface area contributed by atoms with Crippen molar-refractivity contribution < 1.29 is 14.4 Å². The number of amides is 3. The van der Waals surface area contributed by atoms with Crippen LogP contribution >= 0.6 is 0 Å². The maximum atomic E-state index is 12.8. The van der Waals surface area contributed by atoms with Gasteiger partial charge in [-0.1, -0.05) is 57.2 Å². The topological polar surface area (TPSA) is 66.5 Å². The highest BCUT2D eigenvalue weighted by atomic mass is 16.2. The summed E-state index contributed by atoms with van der Waals surface area (Å²) < 4.78 is 0. The van der Waals surface area contributed by atoms with E-state index in [1.807, 2.05) is 0 Å². The molecule has 1 saturated heterocycles. The minimum absolute atomic E-state index is 0.0760. The third-order valence-electron chi connectivity index (χ3n) is 5.41. The predicted molar refractivity (Wildman–Crippen MR) is 112 cm³/mol. The van der Waals surface area contributed by atoms with Gasteiger partial charge in [-0.2, -0.15) is 0 Å². The van der Waals surface area contributed by atoms with Crippen molar-refractivity contribution >= 4 is 17.7 Å². The maximum Gasteiger partial charge on any atom is 0.251 e. The molecule has 0 spiro atoms. The lowest BCUT2D eigenvalue weighted by atomic mass is 9.94. The summed E-state index contributed by atoms with van der Waals surface area (Å²) in [6.07, 6.45) is 1.56. The Morgan fingerprint density at radius 2 is 1.48 bits per heavy atom. The van der Waals surface area contributed by atoms with E-state index in [4.69, 9.17) is 0 Å². The van der Waals surface area contributed by atoms with Gasteiger partial charge >= 0.3 is 0 Å². The van der Waals surface area contributed by atoms with Crippen molar-refractivity contribution in [3.63, 3.8) is 0 Å². The van der Waals surface area contributed by atoms with E-state index in [1.54, 1.807) is 24.3 Å². The number of hydrogen-bond acceptors (Lipinski definition) is 3. The van der Waals surface area contributed by atoms with E-state index in [0.29, 0.717) is 5.56 Å². The second-order valence-electron chi connectivity index (χ2n) is 7.86. The van der Waals surface area contributed by atoms with Gasteiger partial charge in [0.15, 0.2) is 0 Å². The molecular formula is C24H28N2O3. The van der Waals surface area contributed by atoms with E-state index < -0.39 is 0 Å². The fourth-order valence-electron chi connectivity index (χ4n) is 3.56. The Morgan fingerprint density at radius 1 is 0.931 bits per heavy atom. The van der Waals surface area contributed by atoms with Crippen molar-refractivity contribution in [1.29, 1.82) is 0 Å². The Balaban J connectivity index is 1.68. The van der Waals surface area contributed by atoms with Crippen molar-refractivity contribution in [1.82, 2.24) is 10.2 Å². The Morgan fingerprint density at radius 3 is 2.00 bits per heavy atom. The molecule has 0 saturated carbocycles. The van der Waals surface area contributed by atoms with Crippen LogP contribution < -0.4 is 5.32 Å². The summed E-state index contributed by atoms with van der Waals surface area (Å²) in [5.41, 5.74) is 3.76. The third-order valence-corrected chi connectivity index (χ3v) is 5.41. The highest BCUT2D eigenvalue weighted by molar-refractivity contribution is 6.01. The van der Waals surface area contributed by atoms with E-state index in [-0.39, 0.29) is 49.1 Å². The van der Waals surface area contributed by atoms with Gasteiger partial charge in [-0.25, -0.2) is 0 Å². The highest BCUT2D eigenvalue weighted by Gasteiger charge is 2.28. The number of aryl methyl sites for hydroxylation is 1. The van der Waals surface area contributed by atoms with Crippen LogP contribution in [-0.4, -0.2) is 22.6 Å². The zero-order chi connectivity index (χ0) is 21.0. The molecule has 0 radical (unpaired) electrons. The van der Waals surface area contributed by atoms with Crippen molar-refractivity contribution in [3.05, 3.63) is 70.8 Å². The van der Waals surface area contributed by atoms with Crippen molar-refractivity contribution in [3.8, 4) is 0 Å². The number of carbonyl (C=O) groups excluding carboxylic acids is 3. The quantitative estimate of drug-likeness (QED) is 0.724. The van der Waals surface area contributed by atoms with Gasteiger partial charge in [-0.15, -0.1) is 0 Å². The molecule has 1 aliphatic rings. The van der Waals surface area contributed by atoms with E-state index in [0.717, 1.165) is 17.5 Å². The second kappa shape index (κ2) is 9.03. The van der Waals surface area contributed by atoms with Crippen LogP contribution in [0.25, 0.3) is 0 Å². The van der Waals surface area contributed by atoms with Crippen LogP contribution in [-0.2, 0) is 22.6 Å². The minimum Gasteiger partial charge on any atom is -0.345 e. The van der Waals surface area contributed by atoms with E-state index >= 15 is 0 Å². The number of nitrogens with one attached hydrogen (secondary N) is 1. The van der Waals surface area contributed by atoms with Gasteiger partial charge in [-0.05, 0) is 41.2 Å². The molecule has 5 nitrogen and oxygen atoms in total. The molecule has 3 rings (SSSR count). The molecule has 0 bridgehead atoms. The fourth-order valence-corrected chi connectivity index (χ4v) is 3.56. The van der Waals surface area contributed by atoms with Crippen LogP contribution in [0.4, 0.5) is 0 Å². The largest absolute Gasteiger partial charge is 0.345 e. The van der Waals surface area contributed by atoms with E-state index in [2.05, 4.69) is 50.4 Å². The molecule has 5 heteroatoms. The number of nitrogens with zero attached hydrogens (tertiary/aromatic N) is 1. The Labute approximate surface area is 172 Å². The van der Waals surface area contributed by atoms with Crippen LogP contribution in [0.2, 0.25) is 0 Å².